The average Bonchev–Trinajstić information content (AvgIpc) is 2.69. The van der Waals surface area contributed by atoms with Gasteiger partial charge in [-0.2, -0.15) is 13.2 Å². The van der Waals surface area contributed by atoms with Crippen molar-refractivity contribution in [3.05, 3.63) is 86.9 Å². The molecule has 3 aromatic carbocycles. The third-order valence-corrected chi connectivity index (χ3v) is 6.90. The number of nitro benzene ring substituents is 1. The van der Waals surface area contributed by atoms with Crippen molar-refractivity contribution in [3.8, 4) is 0 Å². The van der Waals surface area contributed by atoms with Crippen LogP contribution in [0.5, 0.6) is 0 Å². The van der Waals surface area contributed by atoms with Gasteiger partial charge in [0.15, 0.2) is 0 Å². The Morgan fingerprint density at radius 2 is 1.68 bits per heavy atom. The second-order valence-electron chi connectivity index (χ2n) is 6.13. The maximum atomic E-state index is 12.9. The molecule has 0 amide bonds. The minimum atomic E-state index is -4.65. The number of hydrogen-bond donors (Lipinski definition) is 1. The summed E-state index contributed by atoms with van der Waals surface area (Å²) in [6.07, 6.45) is -4.65. The van der Waals surface area contributed by atoms with E-state index in [1.807, 2.05) is 4.72 Å². The monoisotopic (exact) mass is 532 g/mol. The van der Waals surface area contributed by atoms with Crippen molar-refractivity contribution in [1.29, 1.82) is 0 Å². The van der Waals surface area contributed by atoms with Crippen molar-refractivity contribution in [2.24, 2.45) is 0 Å². The highest BCUT2D eigenvalue weighted by atomic mass is 79.9. The molecule has 0 heterocycles. The quantitative estimate of drug-likeness (QED) is 0.296. The molecule has 0 aromatic heterocycles. The molecule has 0 bridgehead atoms. The van der Waals surface area contributed by atoms with E-state index in [0.29, 0.717) is 11.0 Å². The van der Waals surface area contributed by atoms with Gasteiger partial charge in [-0.15, -0.1) is 0 Å². The van der Waals surface area contributed by atoms with Gasteiger partial charge in [0.1, 0.15) is 0 Å². The van der Waals surface area contributed by atoms with Crippen LogP contribution in [0.3, 0.4) is 0 Å². The number of anilines is 1. The summed E-state index contributed by atoms with van der Waals surface area (Å²) in [7, 11) is -4.36. The van der Waals surface area contributed by atoms with Gasteiger partial charge in [-0.1, -0.05) is 33.8 Å². The largest absolute Gasteiger partial charge is 0.416 e. The summed E-state index contributed by atoms with van der Waals surface area (Å²) in [6.45, 7) is 0. The fourth-order valence-electron chi connectivity index (χ4n) is 2.50. The van der Waals surface area contributed by atoms with Crippen molar-refractivity contribution in [2.75, 3.05) is 4.72 Å². The Balaban J connectivity index is 1.92. The zero-order valence-corrected chi connectivity index (χ0v) is 18.5. The van der Waals surface area contributed by atoms with Gasteiger partial charge in [-0.05, 0) is 54.6 Å². The van der Waals surface area contributed by atoms with Crippen molar-refractivity contribution in [1.82, 2.24) is 0 Å². The minimum absolute atomic E-state index is 0.213. The van der Waals surface area contributed by atoms with E-state index in [9.17, 15) is 31.7 Å². The van der Waals surface area contributed by atoms with E-state index in [-0.39, 0.29) is 10.6 Å². The van der Waals surface area contributed by atoms with Crippen molar-refractivity contribution >= 4 is 49.1 Å². The van der Waals surface area contributed by atoms with Crippen LogP contribution < -0.4 is 4.72 Å². The number of nitrogens with zero attached hydrogens (tertiary/aromatic N) is 1. The second-order valence-corrected chi connectivity index (χ2v) is 9.84. The van der Waals surface area contributed by atoms with Gasteiger partial charge in [0.05, 0.1) is 20.3 Å². The van der Waals surface area contributed by atoms with E-state index >= 15 is 0 Å². The van der Waals surface area contributed by atoms with Crippen LogP contribution in [0.15, 0.2) is 85.9 Å². The molecule has 0 unspecified atom stereocenters. The van der Waals surface area contributed by atoms with E-state index in [0.717, 1.165) is 46.6 Å². The summed E-state index contributed by atoms with van der Waals surface area (Å²) in [5, 5.41) is 11.5. The summed E-state index contributed by atoms with van der Waals surface area (Å²) < 4.78 is 66.6. The Kier molecular flexibility index (Phi) is 6.62. The number of benzene rings is 3. The Morgan fingerprint density at radius 1 is 1.00 bits per heavy atom. The van der Waals surface area contributed by atoms with Gasteiger partial charge in [0, 0.05) is 21.1 Å². The first-order valence-corrected chi connectivity index (χ1v) is 11.5. The summed E-state index contributed by atoms with van der Waals surface area (Å²) in [4.78, 5) is 11.2. The fraction of sp³-hybridized carbons (Fsp3) is 0.0526. The van der Waals surface area contributed by atoms with Gasteiger partial charge in [0.2, 0.25) is 0 Å². The maximum Gasteiger partial charge on any atom is 0.416 e. The maximum absolute atomic E-state index is 12.9. The van der Waals surface area contributed by atoms with Crippen molar-refractivity contribution < 1.29 is 26.5 Å². The van der Waals surface area contributed by atoms with E-state index < -0.39 is 37.3 Å². The van der Waals surface area contributed by atoms with Gasteiger partial charge in [-0.25, -0.2) is 8.42 Å². The van der Waals surface area contributed by atoms with Crippen LogP contribution in [0, 0.1) is 10.1 Å². The Labute approximate surface area is 187 Å². The smallest absolute Gasteiger partial charge is 0.280 e. The Bertz CT molecular complexity index is 1230. The Morgan fingerprint density at radius 3 is 2.29 bits per heavy atom. The third-order valence-electron chi connectivity index (χ3n) is 3.92. The second kappa shape index (κ2) is 8.89. The van der Waals surface area contributed by atoms with Crippen LogP contribution >= 0.6 is 27.7 Å². The number of rotatable bonds is 6. The number of sulfonamides is 1. The minimum Gasteiger partial charge on any atom is -0.280 e. The molecule has 0 radical (unpaired) electrons. The van der Waals surface area contributed by atoms with Crippen LogP contribution in [0.4, 0.5) is 24.5 Å². The first-order valence-electron chi connectivity index (χ1n) is 8.38. The third kappa shape index (κ3) is 5.77. The average molecular weight is 533 g/mol. The number of halogens is 4. The van der Waals surface area contributed by atoms with Crippen LogP contribution in [0.1, 0.15) is 5.56 Å². The van der Waals surface area contributed by atoms with Gasteiger partial charge >= 0.3 is 6.18 Å². The molecule has 31 heavy (non-hydrogen) atoms. The first kappa shape index (κ1) is 23.1. The summed E-state index contributed by atoms with van der Waals surface area (Å²) in [5.74, 6) is 0. The molecule has 0 saturated carbocycles. The van der Waals surface area contributed by atoms with E-state index in [2.05, 4.69) is 15.9 Å². The predicted octanol–water partition coefficient (Wildman–Crippen LogP) is 6.33. The molecule has 0 aliphatic carbocycles. The molecule has 0 atom stereocenters. The lowest BCUT2D eigenvalue weighted by molar-refractivity contribution is -0.388. The zero-order valence-electron chi connectivity index (χ0n) is 15.3. The van der Waals surface area contributed by atoms with Crippen LogP contribution in [0.25, 0.3) is 0 Å². The zero-order chi connectivity index (χ0) is 22.8. The molecule has 0 saturated heterocycles. The molecule has 0 aliphatic heterocycles. The van der Waals surface area contributed by atoms with E-state index in [1.54, 1.807) is 24.3 Å². The Hall–Kier alpha value is -2.57. The molecule has 162 valence electrons. The fourth-order valence-corrected chi connectivity index (χ4v) is 4.73. The lowest BCUT2D eigenvalue weighted by Gasteiger charge is -2.12. The first-order chi connectivity index (χ1) is 14.5. The van der Waals surface area contributed by atoms with Crippen molar-refractivity contribution in [2.45, 2.75) is 20.9 Å². The van der Waals surface area contributed by atoms with Crippen LogP contribution in [-0.2, 0) is 16.2 Å². The van der Waals surface area contributed by atoms with Gasteiger partial charge in [-0.3, -0.25) is 14.8 Å². The molecule has 0 fully saturated rings. The summed E-state index contributed by atoms with van der Waals surface area (Å²) in [5.41, 5.74) is -1.79. The number of nitro groups is 1. The highest BCUT2D eigenvalue weighted by Crippen LogP contribution is 2.37. The topological polar surface area (TPSA) is 89.3 Å². The summed E-state index contributed by atoms with van der Waals surface area (Å²) in [6, 6.07) is 13.9. The van der Waals surface area contributed by atoms with Gasteiger partial charge < -0.3 is 0 Å². The number of alkyl halides is 3. The predicted molar refractivity (Wildman–Crippen MR) is 114 cm³/mol. The molecule has 12 heteroatoms. The number of nitrogens with one attached hydrogen (secondary N) is 1. The lowest BCUT2D eigenvalue weighted by Crippen LogP contribution is -2.14. The van der Waals surface area contributed by atoms with Crippen molar-refractivity contribution in [3.63, 3.8) is 0 Å². The molecule has 0 spiro atoms. The van der Waals surface area contributed by atoms with E-state index in [1.165, 1.54) is 6.07 Å². The lowest BCUT2D eigenvalue weighted by atomic mass is 10.2. The highest BCUT2D eigenvalue weighted by molar-refractivity contribution is 9.10. The standard InChI is InChI=1S/C19H12BrF3N2O4S2/c20-13-4-6-15(7-5-13)30-18-9-8-16(11-17(18)25(26)27)31(28,29)24-14-3-1-2-12(10-14)19(21,22)23/h1-11,24H. The molecular weight excluding hydrogens is 521 g/mol. The summed E-state index contributed by atoms with van der Waals surface area (Å²) >= 11 is 4.37. The van der Waals surface area contributed by atoms with Gasteiger partial charge in [0.25, 0.3) is 15.7 Å². The van der Waals surface area contributed by atoms with Crippen LogP contribution in [-0.4, -0.2) is 13.3 Å². The molecule has 3 aromatic rings. The highest BCUT2D eigenvalue weighted by Gasteiger charge is 2.31. The number of hydrogen-bond acceptors (Lipinski definition) is 5. The SMILES string of the molecule is O=[N+]([O-])c1cc(S(=O)(=O)Nc2cccc(C(F)(F)F)c2)ccc1Sc1ccc(Br)cc1. The molecule has 6 nitrogen and oxygen atoms in total. The van der Waals surface area contributed by atoms with Crippen LogP contribution in [0.2, 0.25) is 0 Å². The van der Waals surface area contributed by atoms with E-state index in [4.69, 9.17) is 0 Å². The molecular formula is C19H12BrF3N2O4S2. The molecule has 3 rings (SSSR count). The normalized spacial score (nSPS) is 11.9. The molecule has 1 N–H and O–H groups in total. The molecule has 0 aliphatic rings.